The molecule has 1 aliphatic rings. The van der Waals surface area contributed by atoms with E-state index in [1.165, 1.54) is 16.2 Å². The van der Waals surface area contributed by atoms with Crippen molar-refractivity contribution < 1.29 is 22.8 Å². The third-order valence-electron chi connectivity index (χ3n) is 3.02. The van der Waals surface area contributed by atoms with Crippen molar-refractivity contribution in [3.05, 3.63) is 5.01 Å². The lowest BCUT2D eigenvalue weighted by Gasteiger charge is -2.34. The van der Waals surface area contributed by atoms with Crippen molar-refractivity contribution in [2.45, 2.75) is 12.6 Å². The molecular weight excluding hydrogens is 323 g/mol. The minimum Gasteiger partial charge on any atom is -0.363 e. The fourth-order valence-electron chi connectivity index (χ4n) is 1.97. The predicted molar refractivity (Wildman–Crippen MR) is 72.4 cm³/mol. The molecule has 0 saturated carbocycles. The van der Waals surface area contributed by atoms with E-state index in [1.807, 2.05) is 0 Å². The van der Waals surface area contributed by atoms with Gasteiger partial charge in [-0.05, 0) is 0 Å². The number of hydrogen-bond acceptors (Lipinski definition) is 6. The van der Waals surface area contributed by atoms with Crippen LogP contribution in [0.1, 0.15) is 5.01 Å². The maximum atomic E-state index is 12.3. The van der Waals surface area contributed by atoms with E-state index in [0.717, 1.165) is 0 Å². The van der Waals surface area contributed by atoms with E-state index in [4.69, 9.17) is 0 Å². The summed E-state index contributed by atoms with van der Waals surface area (Å²) in [4.78, 5) is 25.7. The van der Waals surface area contributed by atoms with Crippen molar-refractivity contribution in [3.63, 3.8) is 0 Å². The molecule has 0 unspecified atom stereocenters. The number of rotatable bonds is 4. The highest BCUT2D eigenvalue weighted by molar-refractivity contribution is 7.15. The molecule has 122 valence electrons. The van der Waals surface area contributed by atoms with Crippen LogP contribution in [0, 0.1) is 0 Å². The van der Waals surface area contributed by atoms with E-state index in [0.29, 0.717) is 15.0 Å². The lowest BCUT2D eigenvalue weighted by Crippen LogP contribution is -2.54. The zero-order valence-electron chi connectivity index (χ0n) is 11.7. The number of aromatic nitrogens is 2. The maximum absolute atomic E-state index is 12.3. The number of halogens is 3. The fraction of sp³-hybridized carbons (Fsp3) is 0.636. The highest BCUT2D eigenvalue weighted by Gasteiger charge is 2.36. The lowest BCUT2D eigenvalue weighted by molar-refractivity contribution is -0.167. The van der Waals surface area contributed by atoms with Gasteiger partial charge in [-0.15, -0.1) is 10.2 Å². The Kier molecular flexibility index (Phi) is 4.84. The average Bonchev–Trinajstić information content (AvgIpc) is 2.87. The number of carbonyl (C=O) groups is 2. The van der Waals surface area contributed by atoms with E-state index in [1.54, 1.807) is 7.05 Å². The van der Waals surface area contributed by atoms with Gasteiger partial charge in [-0.25, -0.2) is 0 Å². The van der Waals surface area contributed by atoms with Crippen molar-refractivity contribution in [1.29, 1.82) is 0 Å². The summed E-state index contributed by atoms with van der Waals surface area (Å²) in [5.74, 6) is -1.05. The van der Waals surface area contributed by atoms with Crippen LogP contribution < -0.4 is 5.32 Å². The van der Waals surface area contributed by atoms with Gasteiger partial charge >= 0.3 is 6.18 Å². The summed E-state index contributed by atoms with van der Waals surface area (Å²) in [6.07, 6.45) is -4.45. The summed E-state index contributed by atoms with van der Waals surface area (Å²) in [6.45, 7) is -1.66. The Balaban J connectivity index is 1.89. The molecule has 22 heavy (non-hydrogen) atoms. The summed E-state index contributed by atoms with van der Waals surface area (Å²) in [5.41, 5.74) is 0. The summed E-state index contributed by atoms with van der Waals surface area (Å²) in [5, 5.41) is 11.4. The molecule has 11 heteroatoms. The second kappa shape index (κ2) is 6.46. The van der Waals surface area contributed by atoms with Gasteiger partial charge in [-0.3, -0.25) is 9.59 Å². The Morgan fingerprint density at radius 2 is 2.09 bits per heavy atom. The molecule has 2 amide bonds. The van der Waals surface area contributed by atoms with E-state index < -0.39 is 18.6 Å². The van der Waals surface area contributed by atoms with Gasteiger partial charge in [0.1, 0.15) is 11.6 Å². The van der Waals surface area contributed by atoms with Crippen molar-refractivity contribution in [2.75, 3.05) is 38.5 Å². The molecule has 1 aromatic heterocycles. The van der Waals surface area contributed by atoms with E-state index in [-0.39, 0.29) is 32.0 Å². The quantitative estimate of drug-likeness (QED) is 0.858. The van der Waals surface area contributed by atoms with Crippen LogP contribution in [0.25, 0.3) is 0 Å². The SMILES string of the molecule is CNc1nnc(CC(=O)N2CCN(CC(F)(F)F)C(=O)C2)s1. The van der Waals surface area contributed by atoms with E-state index >= 15 is 0 Å². The second-order valence-corrected chi connectivity index (χ2v) is 5.74. The van der Waals surface area contributed by atoms with Gasteiger partial charge in [-0.1, -0.05) is 11.3 Å². The second-order valence-electron chi connectivity index (χ2n) is 4.67. The Morgan fingerprint density at radius 3 is 2.64 bits per heavy atom. The molecule has 0 aliphatic carbocycles. The smallest absolute Gasteiger partial charge is 0.363 e. The van der Waals surface area contributed by atoms with Crippen LogP contribution in [0.4, 0.5) is 18.3 Å². The molecule has 1 N–H and O–H groups in total. The van der Waals surface area contributed by atoms with Gasteiger partial charge in [0, 0.05) is 20.1 Å². The molecule has 1 aromatic rings. The number of hydrogen-bond donors (Lipinski definition) is 1. The van der Waals surface area contributed by atoms with Crippen molar-refractivity contribution in [1.82, 2.24) is 20.0 Å². The molecule has 1 fully saturated rings. The van der Waals surface area contributed by atoms with Gasteiger partial charge in [0.25, 0.3) is 0 Å². The van der Waals surface area contributed by atoms with E-state index in [9.17, 15) is 22.8 Å². The highest BCUT2D eigenvalue weighted by Crippen LogP contribution is 2.19. The normalized spacial score (nSPS) is 16.1. The van der Waals surface area contributed by atoms with Crippen molar-refractivity contribution in [3.8, 4) is 0 Å². The zero-order valence-corrected chi connectivity index (χ0v) is 12.5. The Morgan fingerprint density at radius 1 is 1.36 bits per heavy atom. The first kappa shape index (κ1) is 16.5. The number of nitrogens with zero attached hydrogens (tertiary/aromatic N) is 4. The summed E-state index contributed by atoms with van der Waals surface area (Å²) in [6, 6.07) is 0. The lowest BCUT2D eigenvalue weighted by atomic mass is 10.2. The summed E-state index contributed by atoms with van der Waals surface area (Å²) in [7, 11) is 1.67. The largest absolute Gasteiger partial charge is 0.406 e. The van der Waals surface area contributed by atoms with E-state index in [2.05, 4.69) is 15.5 Å². The molecule has 2 rings (SSSR count). The Hall–Kier alpha value is -1.91. The predicted octanol–water partition coefficient (Wildman–Crippen LogP) is 0.355. The van der Waals surface area contributed by atoms with Crippen LogP contribution in [0.5, 0.6) is 0 Å². The molecular formula is C11H14F3N5O2S. The number of carbonyl (C=O) groups excluding carboxylic acids is 2. The summed E-state index contributed by atoms with van der Waals surface area (Å²) >= 11 is 1.21. The zero-order chi connectivity index (χ0) is 16.3. The first-order valence-corrected chi connectivity index (χ1v) is 7.22. The molecule has 0 spiro atoms. The number of amides is 2. The van der Waals surface area contributed by atoms with Gasteiger partial charge in [-0.2, -0.15) is 13.2 Å². The molecule has 2 heterocycles. The third-order valence-corrected chi connectivity index (χ3v) is 3.97. The van der Waals surface area contributed by atoms with Crippen LogP contribution in [-0.4, -0.2) is 71.2 Å². The first-order valence-electron chi connectivity index (χ1n) is 6.41. The van der Waals surface area contributed by atoms with Crippen molar-refractivity contribution in [2.24, 2.45) is 0 Å². The molecule has 1 aliphatic heterocycles. The number of nitrogens with one attached hydrogen (secondary N) is 1. The average molecular weight is 337 g/mol. The monoisotopic (exact) mass is 337 g/mol. The molecule has 1 saturated heterocycles. The van der Waals surface area contributed by atoms with Crippen LogP contribution in [0.15, 0.2) is 0 Å². The summed E-state index contributed by atoms with van der Waals surface area (Å²) < 4.78 is 36.9. The number of anilines is 1. The maximum Gasteiger partial charge on any atom is 0.406 e. The van der Waals surface area contributed by atoms with Gasteiger partial charge in [0.05, 0.1) is 13.0 Å². The molecule has 0 radical (unpaired) electrons. The fourth-order valence-corrected chi connectivity index (χ4v) is 2.66. The molecule has 7 nitrogen and oxygen atoms in total. The third kappa shape index (κ3) is 4.29. The minimum atomic E-state index is -4.43. The van der Waals surface area contributed by atoms with Crippen LogP contribution in [0.2, 0.25) is 0 Å². The van der Waals surface area contributed by atoms with Crippen LogP contribution in [0.3, 0.4) is 0 Å². The highest BCUT2D eigenvalue weighted by atomic mass is 32.1. The standard InChI is InChI=1S/C11H14F3N5O2S/c1-15-10-17-16-7(22-10)4-8(20)18-2-3-19(9(21)5-18)6-11(12,13)14/h2-6H2,1H3,(H,15,17). The first-order chi connectivity index (χ1) is 10.3. The van der Waals surface area contributed by atoms with Gasteiger partial charge in [0.15, 0.2) is 0 Å². The van der Waals surface area contributed by atoms with Crippen LogP contribution >= 0.6 is 11.3 Å². The molecule has 0 bridgehead atoms. The Bertz CT molecular complexity index is 562. The van der Waals surface area contributed by atoms with Crippen LogP contribution in [-0.2, 0) is 16.0 Å². The number of piperazine rings is 1. The van der Waals surface area contributed by atoms with Gasteiger partial charge < -0.3 is 15.1 Å². The minimum absolute atomic E-state index is 0.0219. The van der Waals surface area contributed by atoms with Gasteiger partial charge in [0.2, 0.25) is 16.9 Å². The number of alkyl halides is 3. The Labute approximate surface area is 128 Å². The topological polar surface area (TPSA) is 78.4 Å². The van der Waals surface area contributed by atoms with Crippen molar-refractivity contribution >= 4 is 28.3 Å². The molecule has 0 atom stereocenters. The molecule has 0 aromatic carbocycles.